The zero-order chi connectivity index (χ0) is 24.8. The molecule has 9 heteroatoms. The standard InChI is InChI=1S/C25H29ClN4O3S/c1-6-33-24(32)22-16(3)27-25(29-23(22)17-10-12-18(13-11-17)30(4)5)34-14-21(31)28-20-9-7-8-19(26)15(20)2/h7-13,23H,6,14H2,1-5H3,(H,27,29)(H,28,31)/t23-/m0/s1. The topological polar surface area (TPSA) is 83.0 Å². The second-order valence-corrected chi connectivity index (χ2v) is 9.33. The van der Waals surface area contributed by atoms with E-state index < -0.39 is 12.0 Å². The number of amidine groups is 1. The molecule has 0 saturated carbocycles. The average Bonchev–Trinajstić information content (AvgIpc) is 2.80. The fourth-order valence-corrected chi connectivity index (χ4v) is 4.37. The highest BCUT2D eigenvalue weighted by Crippen LogP contribution is 2.34. The Hall–Kier alpha value is -2.97. The van der Waals surface area contributed by atoms with Crippen molar-refractivity contribution in [3.8, 4) is 0 Å². The van der Waals surface area contributed by atoms with Gasteiger partial charge in [-0.05, 0) is 56.2 Å². The second-order valence-electron chi connectivity index (χ2n) is 7.96. The summed E-state index contributed by atoms with van der Waals surface area (Å²) in [5, 5.41) is 7.20. The summed E-state index contributed by atoms with van der Waals surface area (Å²) in [4.78, 5) is 32.1. The minimum Gasteiger partial charge on any atom is -0.463 e. The number of nitrogens with zero attached hydrogens (tertiary/aromatic N) is 2. The first-order valence-electron chi connectivity index (χ1n) is 10.9. The van der Waals surface area contributed by atoms with Gasteiger partial charge in [0.15, 0.2) is 5.17 Å². The zero-order valence-corrected chi connectivity index (χ0v) is 21.5. The van der Waals surface area contributed by atoms with Crippen molar-refractivity contribution < 1.29 is 14.3 Å². The van der Waals surface area contributed by atoms with Crippen LogP contribution in [0.5, 0.6) is 0 Å². The predicted molar refractivity (Wildman–Crippen MR) is 141 cm³/mol. The van der Waals surface area contributed by atoms with Crippen molar-refractivity contribution in [2.75, 3.05) is 36.7 Å². The number of allylic oxidation sites excluding steroid dienone is 1. The van der Waals surface area contributed by atoms with Gasteiger partial charge in [-0.2, -0.15) is 0 Å². The van der Waals surface area contributed by atoms with Gasteiger partial charge in [-0.1, -0.05) is 41.6 Å². The highest BCUT2D eigenvalue weighted by molar-refractivity contribution is 8.14. The molecule has 34 heavy (non-hydrogen) atoms. The van der Waals surface area contributed by atoms with Crippen LogP contribution < -0.4 is 15.5 Å². The van der Waals surface area contributed by atoms with Crippen LogP contribution in [0.2, 0.25) is 5.02 Å². The van der Waals surface area contributed by atoms with E-state index in [1.165, 1.54) is 11.8 Å². The Bertz CT molecular complexity index is 1130. The molecule has 1 amide bonds. The third-order valence-corrected chi connectivity index (χ3v) is 6.62. The van der Waals surface area contributed by atoms with E-state index in [0.29, 0.717) is 27.1 Å². The number of esters is 1. The fourth-order valence-electron chi connectivity index (χ4n) is 3.45. The first kappa shape index (κ1) is 25.6. The van der Waals surface area contributed by atoms with E-state index in [0.717, 1.165) is 16.8 Å². The van der Waals surface area contributed by atoms with Gasteiger partial charge in [-0.3, -0.25) is 4.79 Å². The molecule has 2 aromatic rings. The molecule has 180 valence electrons. The number of anilines is 2. The molecule has 2 aromatic carbocycles. The van der Waals surface area contributed by atoms with Crippen LogP contribution in [-0.4, -0.2) is 43.5 Å². The summed E-state index contributed by atoms with van der Waals surface area (Å²) in [7, 11) is 3.94. The van der Waals surface area contributed by atoms with Gasteiger partial charge in [0.2, 0.25) is 5.91 Å². The van der Waals surface area contributed by atoms with Crippen LogP contribution in [0.3, 0.4) is 0 Å². The summed E-state index contributed by atoms with van der Waals surface area (Å²) in [6.45, 7) is 5.72. The minimum absolute atomic E-state index is 0.145. The number of rotatable bonds is 7. The lowest BCUT2D eigenvalue weighted by Gasteiger charge is -2.26. The Morgan fingerprint density at radius 2 is 1.88 bits per heavy atom. The van der Waals surface area contributed by atoms with Gasteiger partial charge in [0.05, 0.1) is 17.9 Å². The molecule has 2 N–H and O–H groups in total. The maximum Gasteiger partial charge on any atom is 0.338 e. The smallest absolute Gasteiger partial charge is 0.338 e. The average molecular weight is 501 g/mol. The molecule has 1 atom stereocenters. The van der Waals surface area contributed by atoms with E-state index in [2.05, 4.69) is 10.6 Å². The zero-order valence-electron chi connectivity index (χ0n) is 19.9. The molecule has 0 unspecified atom stereocenters. The fraction of sp³-hybridized carbons (Fsp3) is 0.320. The molecule has 1 aliphatic rings. The first-order chi connectivity index (χ1) is 16.2. The summed E-state index contributed by atoms with van der Waals surface area (Å²) in [5.41, 5.74) is 4.52. The van der Waals surface area contributed by atoms with Crippen LogP contribution in [0.4, 0.5) is 11.4 Å². The van der Waals surface area contributed by atoms with Crippen molar-refractivity contribution in [3.05, 3.63) is 69.9 Å². The third kappa shape index (κ3) is 6.12. The number of carbonyl (C=O) groups excluding carboxylic acids is 2. The number of ether oxygens (including phenoxy) is 1. The van der Waals surface area contributed by atoms with Crippen molar-refractivity contribution in [1.29, 1.82) is 0 Å². The van der Waals surface area contributed by atoms with Gasteiger partial charge in [0.1, 0.15) is 6.04 Å². The van der Waals surface area contributed by atoms with Crippen LogP contribution in [0, 0.1) is 6.92 Å². The highest BCUT2D eigenvalue weighted by atomic mass is 35.5. The largest absolute Gasteiger partial charge is 0.463 e. The van der Waals surface area contributed by atoms with E-state index >= 15 is 0 Å². The van der Waals surface area contributed by atoms with E-state index in [-0.39, 0.29) is 18.3 Å². The van der Waals surface area contributed by atoms with Gasteiger partial charge in [-0.15, -0.1) is 0 Å². The molecule has 0 fully saturated rings. The lowest BCUT2D eigenvalue weighted by molar-refractivity contribution is -0.139. The van der Waals surface area contributed by atoms with Crippen LogP contribution in [0.1, 0.15) is 31.0 Å². The van der Waals surface area contributed by atoms with Crippen molar-refractivity contribution in [2.24, 2.45) is 4.99 Å². The Kier molecular flexibility index (Phi) is 8.63. The first-order valence-corrected chi connectivity index (χ1v) is 12.2. The monoisotopic (exact) mass is 500 g/mol. The van der Waals surface area contributed by atoms with Crippen LogP contribution in [0.15, 0.2) is 58.7 Å². The van der Waals surface area contributed by atoms with Gasteiger partial charge >= 0.3 is 5.97 Å². The number of benzene rings is 2. The third-order valence-electron chi connectivity index (χ3n) is 5.32. The van der Waals surface area contributed by atoms with Crippen LogP contribution in [-0.2, 0) is 14.3 Å². The van der Waals surface area contributed by atoms with E-state index in [9.17, 15) is 9.59 Å². The molecule has 0 aromatic heterocycles. The lowest BCUT2D eigenvalue weighted by Crippen LogP contribution is -2.31. The number of nitrogens with one attached hydrogen (secondary N) is 2. The highest BCUT2D eigenvalue weighted by Gasteiger charge is 2.30. The summed E-state index contributed by atoms with van der Waals surface area (Å²) in [6.07, 6.45) is 0. The molecular formula is C25H29ClN4O3S. The predicted octanol–water partition coefficient (Wildman–Crippen LogP) is 4.92. The van der Waals surface area contributed by atoms with E-state index in [4.69, 9.17) is 21.3 Å². The van der Waals surface area contributed by atoms with Gasteiger partial charge in [-0.25, -0.2) is 9.79 Å². The Balaban J connectivity index is 1.79. The number of amides is 1. The van der Waals surface area contributed by atoms with Crippen molar-refractivity contribution >= 4 is 51.8 Å². The van der Waals surface area contributed by atoms with E-state index in [1.54, 1.807) is 19.1 Å². The number of aliphatic imine (C=N–C) groups is 1. The van der Waals surface area contributed by atoms with Gasteiger partial charge in [0, 0.05) is 36.2 Å². The molecule has 0 radical (unpaired) electrons. The maximum atomic E-state index is 12.7. The normalized spacial score (nSPS) is 15.4. The lowest BCUT2D eigenvalue weighted by atomic mass is 9.96. The second kappa shape index (κ2) is 11.4. The summed E-state index contributed by atoms with van der Waals surface area (Å²) in [6, 6.07) is 12.7. The molecule has 1 heterocycles. The number of hydrogen-bond acceptors (Lipinski definition) is 7. The summed E-state index contributed by atoms with van der Waals surface area (Å²) < 4.78 is 5.29. The van der Waals surface area contributed by atoms with Crippen LogP contribution >= 0.6 is 23.4 Å². The van der Waals surface area contributed by atoms with E-state index in [1.807, 2.05) is 63.2 Å². The Morgan fingerprint density at radius 1 is 1.18 bits per heavy atom. The van der Waals surface area contributed by atoms with Crippen molar-refractivity contribution in [2.45, 2.75) is 26.8 Å². The van der Waals surface area contributed by atoms with Crippen LogP contribution in [0.25, 0.3) is 0 Å². The minimum atomic E-state index is -0.530. The molecule has 1 aliphatic heterocycles. The molecule has 3 rings (SSSR count). The number of hydrogen-bond donors (Lipinski definition) is 2. The van der Waals surface area contributed by atoms with Crippen molar-refractivity contribution in [3.63, 3.8) is 0 Å². The SMILES string of the molecule is CCOC(=O)C1=C(C)NC(SCC(=O)Nc2cccc(Cl)c2C)=N[C@H]1c1ccc(N(C)C)cc1. The quantitative estimate of drug-likeness (QED) is 0.525. The molecule has 7 nitrogen and oxygen atoms in total. The molecule has 0 bridgehead atoms. The number of halogens is 1. The maximum absolute atomic E-state index is 12.7. The van der Waals surface area contributed by atoms with Gasteiger partial charge < -0.3 is 20.3 Å². The Morgan fingerprint density at radius 3 is 2.53 bits per heavy atom. The summed E-state index contributed by atoms with van der Waals surface area (Å²) in [5.74, 6) is -0.438. The summed E-state index contributed by atoms with van der Waals surface area (Å²) >= 11 is 7.42. The number of thioether (sulfide) groups is 1. The molecule has 0 saturated heterocycles. The molecule has 0 spiro atoms. The molecular weight excluding hydrogens is 472 g/mol. The van der Waals surface area contributed by atoms with Gasteiger partial charge in [0.25, 0.3) is 0 Å². The van der Waals surface area contributed by atoms with Crippen molar-refractivity contribution in [1.82, 2.24) is 5.32 Å². The molecule has 0 aliphatic carbocycles. The Labute approximate surface area is 209 Å². The number of carbonyl (C=O) groups is 2.